The Morgan fingerprint density at radius 2 is 1.67 bits per heavy atom. The van der Waals surface area contributed by atoms with Crippen LogP contribution in [0, 0.1) is 11.3 Å². The number of carbonyl (C=O) groups excluding carboxylic acids is 2. The standard InChI is InChI=1S/C28H32N4O4/c29-20-21-5-7-22(8-6-21)26-27(28(34)32(26)14-2-1-13-30-16-18-35-19-17-30)36-24-11-9-23(10-12-24)31-15-3-4-25(31)33/h5-12,26-27H,1-4,13-19H2/t26-,27-/m1/s1. The smallest absolute Gasteiger partial charge is 0.266 e. The first-order chi connectivity index (χ1) is 17.6. The number of amides is 2. The van der Waals surface area contributed by atoms with E-state index in [1.54, 1.807) is 17.0 Å². The van der Waals surface area contributed by atoms with Crippen LogP contribution in [0.15, 0.2) is 48.5 Å². The van der Waals surface area contributed by atoms with Crippen LogP contribution in [-0.2, 0) is 14.3 Å². The molecule has 3 saturated heterocycles. The van der Waals surface area contributed by atoms with Crippen molar-refractivity contribution in [3.63, 3.8) is 0 Å². The summed E-state index contributed by atoms with van der Waals surface area (Å²) < 4.78 is 11.6. The molecule has 0 N–H and O–H groups in total. The van der Waals surface area contributed by atoms with Gasteiger partial charge in [-0.1, -0.05) is 12.1 Å². The van der Waals surface area contributed by atoms with Crippen molar-refractivity contribution in [2.45, 2.75) is 37.8 Å². The minimum atomic E-state index is -0.614. The highest BCUT2D eigenvalue weighted by atomic mass is 16.5. The molecule has 0 aliphatic carbocycles. The van der Waals surface area contributed by atoms with Gasteiger partial charge in [0.1, 0.15) is 11.8 Å². The number of benzene rings is 2. The lowest BCUT2D eigenvalue weighted by Gasteiger charge is -2.47. The van der Waals surface area contributed by atoms with Gasteiger partial charge in [0.2, 0.25) is 12.0 Å². The third-order valence-corrected chi connectivity index (χ3v) is 7.24. The molecular formula is C28H32N4O4. The van der Waals surface area contributed by atoms with Crippen LogP contribution in [0.4, 0.5) is 5.69 Å². The minimum absolute atomic E-state index is 0.0190. The number of β-lactam (4-membered cyclic amide) rings is 1. The van der Waals surface area contributed by atoms with Crippen molar-refractivity contribution in [1.82, 2.24) is 9.80 Å². The molecule has 0 unspecified atom stereocenters. The van der Waals surface area contributed by atoms with E-state index in [2.05, 4.69) is 11.0 Å². The molecule has 0 radical (unpaired) electrons. The second-order valence-electron chi connectivity index (χ2n) is 9.55. The molecule has 0 saturated carbocycles. The number of likely N-dealkylation sites (tertiary alicyclic amines) is 1. The van der Waals surface area contributed by atoms with Crippen LogP contribution in [0.1, 0.15) is 42.9 Å². The molecule has 0 bridgehead atoms. The summed E-state index contributed by atoms with van der Waals surface area (Å²) in [5.41, 5.74) is 2.41. The van der Waals surface area contributed by atoms with Crippen molar-refractivity contribution < 1.29 is 19.1 Å². The lowest BCUT2D eigenvalue weighted by molar-refractivity contribution is -0.164. The summed E-state index contributed by atoms with van der Waals surface area (Å²) in [6, 6.07) is 16.8. The van der Waals surface area contributed by atoms with E-state index in [0.717, 1.165) is 69.9 Å². The molecule has 2 aromatic rings. The van der Waals surface area contributed by atoms with Crippen LogP contribution in [0.2, 0.25) is 0 Å². The predicted molar refractivity (Wildman–Crippen MR) is 135 cm³/mol. The number of carbonyl (C=O) groups is 2. The Labute approximate surface area is 212 Å². The number of hydrogen-bond donors (Lipinski definition) is 0. The van der Waals surface area contributed by atoms with Crippen LogP contribution in [0.5, 0.6) is 5.75 Å². The van der Waals surface area contributed by atoms with Gasteiger partial charge in [-0.05, 0) is 67.8 Å². The SMILES string of the molecule is N#Cc1ccc([C@@H]2[C@@H](Oc3ccc(N4CCCC4=O)cc3)C(=O)N2CCCCN2CCOCC2)cc1. The molecule has 3 fully saturated rings. The predicted octanol–water partition coefficient (Wildman–Crippen LogP) is 3.13. The third-order valence-electron chi connectivity index (χ3n) is 7.24. The van der Waals surface area contributed by atoms with Gasteiger partial charge in [-0.2, -0.15) is 5.26 Å². The average Bonchev–Trinajstić information content (AvgIpc) is 3.36. The highest BCUT2D eigenvalue weighted by Gasteiger charge is 2.49. The Hall–Kier alpha value is -3.41. The lowest BCUT2D eigenvalue weighted by atomic mass is 9.89. The van der Waals surface area contributed by atoms with E-state index in [1.165, 1.54) is 0 Å². The molecule has 3 aliphatic rings. The maximum Gasteiger partial charge on any atom is 0.266 e. The number of anilines is 1. The Morgan fingerprint density at radius 3 is 2.33 bits per heavy atom. The summed E-state index contributed by atoms with van der Waals surface area (Å²) in [6.45, 7) is 5.94. The van der Waals surface area contributed by atoms with E-state index in [-0.39, 0.29) is 17.9 Å². The topological polar surface area (TPSA) is 86.1 Å². The van der Waals surface area contributed by atoms with Crippen LogP contribution in [0.3, 0.4) is 0 Å². The van der Waals surface area contributed by atoms with Crippen LogP contribution in [0.25, 0.3) is 0 Å². The number of hydrogen-bond acceptors (Lipinski definition) is 6. The van der Waals surface area contributed by atoms with Crippen LogP contribution < -0.4 is 9.64 Å². The summed E-state index contributed by atoms with van der Waals surface area (Å²) in [5.74, 6) is 0.729. The molecule has 8 nitrogen and oxygen atoms in total. The Morgan fingerprint density at radius 1 is 0.944 bits per heavy atom. The highest BCUT2D eigenvalue weighted by molar-refractivity contribution is 5.95. The molecule has 2 aromatic carbocycles. The van der Waals surface area contributed by atoms with Gasteiger partial charge < -0.3 is 19.3 Å². The van der Waals surface area contributed by atoms with E-state index in [4.69, 9.17) is 9.47 Å². The zero-order valence-corrected chi connectivity index (χ0v) is 20.5. The molecule has 2 atom stereocenters. The molecule has 2 amide bonds. The monoisotopic (exact) mass is 488 g/mol. The lowest BCUT2D eigenvalue weighted by Crippen LogP contribution is -2.61. The van der Waals surface area contributed by atoms with Crippen molar-refractivity contribution >= 4 is 17.5 Å². The quantitative estimate of drug-likeness (QED) is 0.398. The summed E-state index contributed by atoms with van der Waals surface area (Å²) in [5, 5.41) is 9.17. The van der Waals surface area contributed by atoms with Gasteiger partial charge in [0, 0.05) is 38.3 Å². The van der Waals surface area contributed by atoms with Crippen LogP contribution >= 0.6 is 0 Å². The second kappa shape index (κ2) is 11.1. The highest BCUT2D eigenvalue weighted by Crippen LogP contribution is 2.38. The summed E-state index contributed by atoms with van der Waals surface area (Å²) in [7, 11) is 0. The molecule has 0 aromatic heterocycles. The molecule has 188 valence electrons. The van der Waals surface area contributed by atoms with Gasteiger partial charge in [0.15, 0.2) is 0 Å². The van der Waals surface area contributed by atoms with Gasteiger partial charge in [0.25, 0.3) is 5.91 Å². The van der Waals surface area contributed by atoms with Gasteiger partial charge in [-0.25, -0.2) is 0 Å². The number of ether oxygens (including phenoxy) is 2. The fourth-order valence-corrected chi connectivity index (χ4v) is 5.21. The largest absolute Gasteiger partial charge is 0.478 e. The van der Waals surface area contributed by atoms with Crippen LogP contribution in [-0.4, -0.2) is 73.7 Å². The van der Waals surface area contributed by atoms with Gasteiger partial charge in [-0.15, -0.1) is 0 Å². The minimum Gasteiger partial charge on any atom is -0.478 e. The van der Waals surface area contributed by atoms with E-state index < -0.39 is 6.10 Å². The zero-order valence-electron chi connectivity index (χ0n) is 20.5. The Bertz CT molecular complexity index is 1110. The van der Waals surface area contributed by atoms with E-state index in [1.807, 2.05) is 41.3 Å². The maximum atomic E-state index is 13.2. The summed E-state index contributed by atoms with van der Waals surface area (Å²) in [6.07, 6.45) is 2.79. The van der Waals surface area contributed by atoms with Gasteiger partial charge >= 0.3 is 0 Å². The molecule has 3 heterocycles. The first kappa shape index (κ1) is 24.3. The summed E-state index contributed by atoms with van der Waals surface area (Å²) >= 11 is 0. The number of nitrogens with zero attached hydrogens (tertiary/aromatic N) is 4. The number of nitriles is 1. The van der Waals surface area contributed by atoms with Crippen molar-refractivity contribution in [2.75, 3.05) is 50.8 Å². The maximum absolute atomic E-state index is 13.2. The van der Waals surface area contributed by atoms with Crippen molar-refractivity contribution in [3.8, 4) is 11.8 Å². The zero-order chi connectivity index (χ0) is 24.9. The number of unbranched alkanes of at least 4 members (excludes halogenated alkanes) is 1. The van der Waals surface area contributed by atoms with Crippen molar-refractivity contribution in [1.29, 1.82) is 5.26 Å². The normalized spacial score (nSPS) is 22.4. The Kier molecular flexibility index (Phi) is 7.49. The second-order valence-corrected chi connectivity index (χ2v) is 9.55. The van der Waals surface area contributed by atoms with Gasteiger partial charge in [0.05, 0.1) is 24.8 Å². The number of morpholine rings is 1. The summed E-state index contributed by atoms with van der Waals surface area (Å²) in [4.78, 5) is 31.3. The van der Waals surface area contributed by atoms with Crippen molar-refractivity contribution in [3.05, 3.63) is 59.7 Å². The van der Waals surface area contributed by atoms with E-state index in [0.29, 0.717) is 24.3 Å². The Balaban J connectivity index is 1.24. The molecular weight excluding hydrogens is 456 g/mol. The third kappa shape index (κ3) is 5.23. The fourth-order valence-electron chi connectivity index (χ4n) is 5.21. The number of rotatable bonds is 9. The fraction of sp³-hybridized carbons (Fsp3) is 0.464. The molecule has 3 aliphatic heterocycles. The van der Waals surface area contributed by atoms with E-state index >= 15 is 0 Å². The average molecular weight is 489 g/mol. The molecule has 36 heavy (non-hydrogen) atoms. The van der Waals surface area contributed by atoms with Crippen molar-refractivity contribution in [2.24, 2.45) is 0 Å². The van der Waals surface area contributed by atoms with E-state index in [9.17, 15) is 14.9 Å². The first-order valence-electron chi connectivity index (χ1n) is 12.8. The molecule has 5 rings (SSSR count). The van der Waals surface area contributed by atoms with Gasteiger partial charge in [-0.3, -0.25) is 14.5 Å². The first-order valence-corrected chi connectivity index (χ1v) is 12.8. The molecule has 8 heteroatoms. The molecule has 0 spiro atoms.